The topological polar surface area (TPSA) is 45.0 Å². The van der Waals surface area contributed by atoms with E-state index < -0.39 is 0 Å². The highest BCUT2D eigenvalue weighted by Gasteiger charge is 2.29. The van der Waals surface area contributed by atoms with Crippen molar-refractivity contribution in [3.8, 4) is 11.8 Å². The predicted molar refractivity (Wildman–Crippen MR) is 86.5 cm³/mol. The van der Waals surface area contributed by atoms with E-state index in [2.05, 4.69) is 32.2 Å². The van der Waals surface area contributed by atoms with Gasteiger partial charge in [0.05, 0.1) is 24.4 Å². The van der Waals surface area contributed by atoms with Gasteiger partial charge in [0, 0.05) is 12.1 Å². The number of hydrogen-bond donors (Lipinski definition) is 1. The molecule has 1 aromatic rings. The maximum Gasteiger partial charge on any atom is 0.143 e. The molecular weight excluding hydrogens is 260 g/mol. The lowest BCUT2D eigenvalue weighted by Gasteiger charge is -2.37. The van der Waals surface area contributed by atoms with Gasteiger partial charge in [-0.05, 0) is 49.1 Å². The Morgan fingerprint density at radius 2 is 1.86 bits per heavy atom. The van der Waals surface area contributed by atoms with Gasteiger partial charge < -0.3 is 10.1 Å². The number of nitriles is 1. The Balaban J connectivity index is 1.99. The van der Waals surface area contributed by atoms with Crippen LogP contribution in [0.5, 0.6) is 5.75 Å². The van der Waals surface area contributed by atoms with Crippen molar-refractivity contribution in [1.82, 2.24) is 0 Å². The summed E-state index contributed by atoms with van der Waals surface area (Å²) >= 11 is 0. The number of anilines is 1. The van der Waals surface area contributed by atoms with Gasteiger partial charge in [0.25, 0.3) is 0 Å². The van der Waals surface area contributed by atoms with E-state index in [-0.39, 0.29) is 0 Å². The van der Waals surface area contributed by atoms with Gasteiger partial charge in [-0.25, -0.2) is 0 Å². The molecule has 1 aliphatic rings. The van der Waals surface area contributed by atoms with Crippen molar-refractivity contribution in [3.05, 3.63) is 23.8 Å². The van der Waals surface area contributed by atoms with Crippen LogP contribution < -0.4 is 10.1 Å². The standard InChI is InChI=1S/C18H26N2O/c1-18(2,3)14-6-8-15(9-7-14)20-16-10-5-13(12-19)11-17(16)21-4/h5,10-11,14-15,20H,6-9H2,1-4H3. The molecule has 0 saturated heterocycles. The largest absolute Gasteiger partial charge is 0.495 e. The van der Waals surface area contributed by atoms with Crippen LogP contribution in [0.2, 0.25) is 0 Å². The van der Waals surface area contributed by atoms with Gasteiger partial charge in [0.15, 0.2) is 0 Å². The van der Waals surface area contributed by atoms with Crippen molar-refractivity contribution < 1.29 is 4.74 Å². The summed E-state index contributed by atoms with van der Waals surface area (Å²) in [5.74, 6) is 1.57. The molecule has 3 nitrogen and oxygen atoms in total. The molecule has 114 valence electrons. The van der Waals surface area contributed by atoms with E-state index in [0.29, 0.717) is 17.0 Å². The number of nitrogens with zero attached hydrogens (tertiary/aromatic N) is 1. The van der Waals surface area contributed by atoms with Crippen molar-refractivity contribution in [2.75, 3.05) is 12.4 Å². The Bertz CT molecular complexity index is 517. The van der Waals surface area contributed by atoms with Gasteiger partial charge in [-0.2, -0.15) is 5.26 Å². The Morgan fingerprint density at radius 3 is 2.38 bits per heavy atom. The van der Waals surface area contributed by atoms with Crippen LogP contribution in [-0.2, 0) is 0 Å². The van der Waals surface area contributed by atoms with Crippen LogP contribution in [0.3, 0.4) is 0 Å². The maximum absolute atomic E-state index is 8.95. The Hall–Kier alpha value is -1.69. The van der Waals surface area contributed by atoms with Gasteiger partial charge in [-0.15, -0.1) is 0 Å². The molecule has 0 spiro atoms. The fourth-order valence-electron chi connectivity index (χ4n) is 3.20. The summed E-state index contributed by atoms with van der Waals surface area (Å²) in [4.78, 5) is 0. The fourth-order valence-corrected chi connectivity index (χ4v) is 3.20. The molecule has 0 atom stereocenters. The van der Waals surface area contributed by atoms with E-state index in [1.54, 1.807) is 13.2 Å². The Kier molecular flexibility index (Phi) is 4.77. The number of nitrogens with one attached hydrogen (secondary N) is 1. The highest BCUT2D eigenvalue weighted by molar-refractivity contribution is 5.59. The minimum Gasteiger partial charge on any atom is -0.495 e. The number of benzene rings is 1. The van der Waals surface area contributed by atoms with Gasteiger partial charge in [-0.1, -0.05) is 20.8 Å². The highest BCUT2D eigenvalue weighted by atomic mass is 16.5. The normalized spacial score (nSPS) is 22.4. The van der Waals surface area contributed by atoms with Gasteiger partial charge >= 0.3 is 0 Å². The summed E-state index contributed by atoms with van der Waals surface area (Å²) in [5, 5.41) is 12.5. The molecule has 3 heteroatoms. The second-order valence-corrected chi connectivity index (χ2v) is 7.09. The number of hydrogen-bond acceptors (Lipinski definition) is 3. The molecule has 1 aliphatic carbocycles. The van der Waals surface area contributed by atoms with E-state index in [9.17, 15) is 0 Å². The number of ether oxygens (including phenoxy) is 1. The van der Waals surface area contributed by atoms with E-state index in [1.807, 2.05) is 12.1 Å². The van der Waals surface area contributed by atoms with Crippen LogP contribution in [-0.4, -0.2) is 13.2 Å². The molecular formula is C18H26N2O. The van der Waals surface area contributed by atoms with Crippen LogP contribution >= 0.6 is 0 Å². The summed E-state index contributed by atoms with van der Waals surface area (Å²) in [6.07, 6.45) is 4.95. The first-order valence-electron chi connectivity index (χ1n) is 7.78. The first kappa shape index (κ1) is 15.7. The molecule has 0 aromatic heterocycles. The summed E-state index contributed by atoms with van der Waals surface area (Å²) < 4.78 is 5.39. The molecule has 0 heterocycles. The van der Waals surface area contributed by atoms with E-state index in [0.717, 1.165) is 17.4 Å². The molecule has 0 bridgehead atoms. The van der Waals surface area contributed by atoms with E-state index in [1.165, 1.54) is 25.7 Å². The van der Waals surface area contributed by atoms with Gasteiger partial charge in [-0.3, -0.25) is 0 Å². The summed E-state index contributed by atoms with van der Waals surface area (Å²) in [6.45, 7) is 7.03. The number of methoxy groups -OCH3 is 1. The Labute approximate surface area is 128 Å². The third kappa shape index (κ3) is 3.91. The molecule has 0 amide bonds. The fraction of sp³-hybridized carbons (Fsp3) is 0.611. The molecule has 2 rings (SSSR count). The lowest BCUT2D eigenvalue weighted by atomic mass is 9.71. The zero-order valence-electron chi connectivity index (χ0n) is 13.6. The summed E-state index contributed by atoms with van der Waals surface area (Å²) in [7, 11) is 1.65. The van der Waals surface area contributed by atoms with Crippen LogP contribution in [0.4, 0.5) is 5.69 Å². The molecule has 1 fully saturated rings. The van der Waals surface area contributed by atoms with Crippen molar-refractivity contribution in [3.63, 3.8) is 0 Å². The minimum absolute atomic E-state index is 0.414. The van der Waals surface area contributed by atoms with Gasteiger partial charge in [0.2, 0.25) is 0 Å². The van der Waals surface area contributed by atoms with Crippen molar-refractivity contribution >= 4 is 5.69 Å². The Morgan fingerprint density at radius 1 is 1.19 bits per heavy atom. The SMILES string of the molecule is COc1cc(C#N)ccc1NC1CCC(C(C)(C)C)CC1. The smallest absolute Gasteiger partial charge is 0.143 e. The predicted octanol–water partition coefficient (Wildman–Crippen LogP) is 4.58. The molecule has 1 N–H and O–H groups in total. The van der Waals surface area contributed by atoms with Crippen LogP contribution in [0.25, 0.3) is 0 Å². The molecule has 0 unspecified atom stereocenters. The first-order chi connectivity index (χ1) is 9.94. The maximum atomic E-state index is 8.95. The van der Waals surface area contributed by atoms with E-state index in [4.69, 9.17) is 10.00 Å². The molecule has 0 radical (unpaired) electrons. The molecule has 21 heavy (non-hydrogen) atoms. The van der Waals surface area contributed by atoms with Crippen LogP contribution in [0.15, 0.2) is 18.2 Å². The summed E-state index contributed by atoms with van der Waals surface area (Å²) in [6, 6.07) is 8.24. The van der Waals surface area contributed by atoms with Crippen LogP contribution in [0, 0.1) is 22.7 Å². The third-order valence-corrected chi connectivity index (χ3v) is 4.64. The second kappa shape index (κ2) is 6.39. The van der Waals surface area contributed by atoms with Crippen molar-refractivity contribution in [2.45, 2.75) is 52.5 Å². The van der Waals surface area contributed by atoms with Gasteiger partial charge in [0.1, 0.15) is 5.75 Å². The van der Waals surface area contributed by atoms with Crippen LogP contribution in [0.1, 0.15) is 52.0 Å². The average molecular weight is 286 g/mol. The molecule has 1 aromatic carbocycles. The lowest BCUT2D eigenvalue weighted by molar-refractivity contribution is 0.173. The zero-order chi connectivity index (χ0) is 15.5. The monoisotopic (exact) mass is 286 g/mol. The third-order valence-electron chi connectivity index (χ3n) is 4.64. The lowest BCUT2D eigenvalue weighted by Crippen LogP contribution is -2.31. The molecule has 1 saturated carbocycles. The van der Waals surface area contributed by atoms with Crippen molar-refractivity contribution in [1.29, 1.82) is 5.26 Å². The van der Waals surface area contributed by atoms with Crippen molar-refractivity contribution in [2.24, 2.45) is 11.3 Å². The first-order valence-corrected chi connectivity index (χ1v) is 7.78. The summed E-state index contributed by atoms with van der Waals surface area (Å²) in [5.41, 5.74) is 2.04. The highest BCUT2D eigenvalue weighted by Crippen LogP contribution is 2.39. The quantitative estimate of drug-likeness (QED) is 0.884. The number of rotatable bonds is 3. The van der Waals surface area contributed by atoms with E-state index >= 15 is 0 Å². The minimum atomic E-state index is 0.414. The average Bonchev–Trinajstić information content (AvgIpc) is 2.47. The molecule has 0 aliphatic heterocycles. The zero-order valence-corrected chi connectivity index (χ0v) is 13.6. The second-order valence-electron chi connectivity index (χ2n) is 7.09.